The number of aromatic nitrogens is 1. The molecule has 152 valence electrons. The second kappa shape index (κ2) is 8.18. The van der Waals surface area contributed by atoms with E-state index in [0.29, 0.717) is 32.7 Å². The lowest BCUT2D eigenvalue weighted by atomic mass is 10.1. The van der Waals surface area contributed by atoms with Gasteiger partial charge in [0, 0.05) is 27.5 Å². The summed E-state index contributed by atoms with van der Waals surface area (Å²) in [6.45, 7) is 1.51. The molecule has 1 atom stereocenters. The maximum absolute atomic E-state index is 12.7. The minimum absolute atomic E-state index is 0.303. The number of halogens is 2. The van der Waals surface area contributed by atoms with Crippen LogP contribution < -0.4 is 5.32 Å². The number of carbonyl (C=O) groups is 3. The van der Waals surface area contributed by atoms with Crippen molar-refractivity contribution in [2.45, 2.75) is 19.4 Å². The fraction of sp³-hybridized carbons (Fsp3) is 0.143. The molecule has 1 N–H and O–H groups in total. The first kappa shape index (κ1) is 20.5. The van der Waals surface area contributed by atoms with E-state index in [0.717, 1.165) is 15.3 Å². The van der Waals surface area contributed by atoms with Gasteiger partial charge in [0.25, 0.3) is 11.8 Å². The van der Waals surface area contributed by atoms with Crippen LogP contribution in [0.15, 0.2) is 48.7 Å². The molecule has 1 unspecified atom stereocenters. The van der Waals surface area contributed by atoms with Crippen molar-refractivity contribution in [1.29, 1.82) is 0 Å². The number of benzene rings is 2. The van der Waals surface area contributed by atoms with Crippen LogP contribution in [0, 0.1) is 0 Å². The third-order valence-corrected chi connectivity index (χ3v) is 6.26. The van der Waals surface area contributed by atoms with Crippen LogP contribution >= 0.6 is 34.5 Å². The zero-order chi connectivity index (χ0) is 21.4. The molecule has 1 aliphatic heterocycles. The van der Waals surface area contributed by atoms with Gasteiger partial charge in [-0.2, -0.15) is 0 Å². The molecule has 0 fully saturated rings. The molecule has 0 saturated heterocycles. The van der Waals surface area contributed by atoms with E-state index >= 15 is 0 Å². The first-order valence-electron chi connectivity index (χ1n) is 9.01. The van der Waals surface area contributed by atoms with Crippen LogP contribution in [0.2, 0.25) is 10.0 Å². The monoisotopic (exact) mass is 459 g/mol. The Labute approximate surface area is 186 Å². The highest BCUT2D eigenvalue weighted by molar-refractivity contribution is 7.15. The average Bonchev–Trinajstić information content (AvgIpc) is 3.26. The van der Waals surface area contributed by atoms with Crippen LogP contribution in [-0.2, 0) is 11.2 Å². The summed E-state index contributed by atoms with van der Waals surface area (Å²) >= 11 is 13.5. The Morgan fingerprint density at radius 1 is 1.13 bits per heavy atom. The summed E-state index contributed by atoms with van der Waals surface area (Å²) in [6, 6.07) is 10.8. The van der Waals surface area contributed by atoms with Crippen LogP contribution in [0.3, 0.4) is 0 Å². The van der Waals surface area contributed by atoms with Crippen molar-refractivity contribution in [3.63, 3.8) is 0 Å². The molecule has 0 radical (unpaired) electrons. The van der Waals surface area contributed by atoms with Gasteiger partial charge in [-0.05, 0) is 42.8 Å². The number of anilines is 1. The van der Waals surface area contributed by atoms with E-state index in [4.69, 9.17) is 23.2 Å². The molecule has 30 heavy (non-hydrogen) atoms. The Kier molecular flexibility index (Phi) is 5.60. The third kappa shape index (κ3) is 3.84. The van der Waals surface area contributed by atoms with Crippen molar-refractivity contribution < 1.29 is 14.4 Å². The lowest BCUT2D eigenvalue weighted by molar-refractivity contribution is -0.119. The normalized spacial score (nSPS) is 14.0. The van der Waals surface area contributed by atoms with Gasteiger partial charge >= 0.3 is 0 Å². The number of rotatable bonds is 5. The van der Waals surface area contributed by atoms with E-state index in [1.165, 1.54) is 18.3 Å². The number of nitrogens with one attached hydrogen (secondary N) is 1. The number of fused-ring (bicyclic) bond motifs is 1. The second-order valence-corrected chi connectivity index (χ2v) is 8.69. The van der Waals surface area contributed by atoms with Crippen LogP contribution in [0.5, 0.6) is 0 Å². The molecule has 0 aliphatic carbocycles. The molecular formula is C21H15Cl2N3O3S. The Bertz CT molecular complexity index is 1140. The van der Waals surface area contributed by atoms with Gasteiger partial charge in [-0.25, -0.2) is 4.98 Å². The van der Waals surface area contributed by atoms with E-state index in [2.05, 4.69) is 10.3 Å². The maximum atomic E-state index is 12.7. The van der Waals surface area contributed by atoms with Gasteiger partial charge in [0.1, 0.15) is 6.04 Å². The number of amides is 3. The van der Waals surface area contributed by atoms with Crippen molar-refractivity contribution in [1.82, 2.24) is 9.88 Å². The van der Waals surface area contributed by atoms with Gasteiger partial charge in [0.15, 0.2) is 5.13 Å². The zero-order valence-electron chi connectivity index (χ0n) is 15.7. The molecular weight excluding hydrogens is 445 g/mol. The minimum atomic E-state index is -0.980. The van der Waals surface area contributed by atoms with Crippen LogP contribution in [-0.4, -0.2) is 33.6 Å². The van der Waals surface area contributed by atoms with Crippen LogP contribution in [0.25, 0.3) is 0 Å². The Balaban J connectivity index is 1.45. The summed E-state index contributed by atoms with van der Waals surface area (Å²) in [5, 5.41) is 4.23. The summed E-state index contributed by atoms with van der Waals surface area (Å²) in [7, 11) is 0. The molecule has 4 rings (SSSR count). The van der Waals surface area contributed by atoms with Crippen molar-refractivity contribution >= 4 is 57.4 Å². The van der Waals surface area contributed by atoms with Crippen molar-refractivity contribution in [2.24, 2.45) is 0 Å². The quantitative estimate of drug-likeness (QED) is 0.562. The topological polar surface area (TPSA) is 79.4 Å². The van der Waals surface area contributed by atoms with Gasteiger partial charge in [-0.3, -0.25) is 19.3 Å². The molecule has 6 nitrogen and oxygen atoms in total. The first-order valence-corrected chi connectivity index (χ1v) is 10.6. The van der Waals surface area contributed by atoms with Crippen LogP contribution in [0.1, 0.15) is 38.1 Å². The summed E-state index contributed by atoms with van der Waals surface area (Å²) in [4.78, 5) is 43.9. The van der Waals surface area contributed by atoms with Gasteiger partial charge in [-0.1, -0.05) is 35.3 Å². The molecule has 0 spiro atoms. The SMILES string of the molecule is CC(C(=O)Nc1ncc(Cc2cc(Cl)ccc2Cl)s1)N1C(=O)c2ccccc2C1=O. The molecule has 3 amide bonds. The molecule has 9 heteroatoms. The summed E-state index contributed by atoms with van der Waals surface area (Å²) < 4.78 is 0. The lowest BCUT2D eigenvalue weighted by Gasteiger charge is -2.21. The Morgan fingerprint density at radius 2 is 1.80 bits per heavy atom. The first-order chi connectivity index (χ1) is 14.3. The number of carbonyl (C=O) groups excluding carboxylic acids is 3. The molecule has 3 aromatic rings. The highest BCUT2D eigenvalue weighted by Crippen LogP contribution is 2.28. The lowest BCUT2D eigenvalue weighted by Crippen LogP contribution is -2.45. The van der Waals surface area contributed by atoms with E-state index < -0.39 is 23.8 Å². The minimum Gasteiger partial charge on any atom is -0.300 e. The molecule has 0 bridgehead atoms. The average molecular weight is 460 g/mol. The number of hydrogen-bond donors (Lipinski definition) is 1. The third-order valence-electron chi connectivity index (χ3n) is 4.75. The summed E-state index contributed by atoms with van der Waals surface area (Å²) in [5.41, 5.74) is 1.46. The standard InChI is InChI=1S/C21H15Cl2N3O3S/c1-11(26-19(28)15-4-2-3-5-16(15)20(26)29)18(27)25-21-24-10-14(30-21)9-12-8-13(22)6-7-17(12)23/h2-8,10-11H,9H2,1H3,(H,24,25,27). The van der Waals surface area contributed by atoms with Gasteiger partial charge in [0.05, 0.1) is 11.1 Å². The fourth-order valence-electron chi connectivity index (χ4n) is 3.20. The van der Waals surface area contributed by atoms with Crippen molar-refractivity contribution in [3.8, 4) is 0 Å². The predicted octanol–water partition coefficient (Wildman–Crippen LogP) is 4.66. The number of hydrogen-bond acceptors (Lipinski definition) is 5. The van der Waals surface area contributed by atoms with E-state index in [1.54, 1.807) is 48.7 Å². The fourth-order valence-corrected chi connectivity index (χ4v) is 4.42. The second-order valence-electron chi connectivity index (χ2n) is 6.74. The number of imide groups is 1. The molecule has 0 saturated carbocycles. The van der Waals surface area contributed by atoms with E-state index in [-0.39, 0.29) is 0 Å². The van der Waals surface area contributed by atoms with Gasteiger partial charge in [-0.15, -0.1) is 11.3 Å². The number of thiazole rings is 1. The Morgan fingerprint density at radius 3 is 2.47 bits per heavy atom. The predicted molar refractivity (Wildman–Crippen MR) is 116 cm³/mol. The van der Waals surface area contributed by atoms with Crippen LogP contribution in [0.4, 0.5) is 5.13 Å². The zero-order valence-corrected chi connectivity index (χ0v) is 18.0. The summed E-state index contributed by atoms with van der Waals surface area (Å²) in [5.74, 6) is -1.45. The van der Waals surface area contributed by atoms with Crippen molar-refractivity contribution in [2.75, 3.05) is 5.32 Å². The molecule has 1 aromatic heterocycles. The van der Waals surface area contributed by atoms with E-state index in [9.17, 15) is 14.4 Å². The maximum Gasteiger partial charge on any atom is 0.262 e. The van der Waals surface area contributed by atoms with E-state index in [1.807, 2.05) is 0 Å². The smallest absolute Gasteiger partial charge is 0.262 e. The Hall–Kier alpha value is -2.74. The largest absolute Gasteiger partial charge is 0.300 e. The van der Waals surface area contributed by atoms with Gasteiger partial charge in [0.2, 0.25) is 5.91 Å². The highest BCUT2D eigenvalue weighted by atomic mass is 35.5. The summed E-state index contributed by atoms with van der Waals surface area (Å²) in [6.07, 6.45) is 2.16. The number of nitrogens with zero attached hydrogens (tertiary/aromatic N) is 2. The highest BCUT2D eigenvalue weighted by Gasteiger charge is 2.40. The molecule has 2 aromatic carbocycles. The van der Waals surface area contributed by atoms with Crippen molar-refractivity contribution in [3.05, 3.63) is 80.3 Å². The molecule has 1 aliphatic rings. The van der Waals surface area contributed by atoms with Gasteiger partial charge < -0.3 is 5.32 Å². The molecule has 2 heterocycles.